The Bertz CT molecular complexity index is 3460. The predicted octanol–water partition coefficient (Wildman–Crippen LogP) is -2.06. The molecule has 0 radical (unpaired) electrons. The van der Waals surface area contributed by atoms with E-state index in [1.807, 2.05) is 0 Å². The van der Waals surface area contributed by atoms with Crippen molar-refractivity contribution in [3.63, 3.8) is 0 Å². The average molecular weight is 1390 g/mol. The summed E-state index contributed by atoms with van der Waals surface area (Å²) in [5, 5.41) is 53.3. The van der Waals surface area contributed by atoms with Crippen LogP contribution in [0.15, 0.2) is 58.6 Å². The van der Waals surface area contributed by atoms with E-state index in [9.17, 15) is 104 Å². The molecule has 0 bridgehead atoms. The van der Waals surface area contributed by atoms with Gasteiger partial charge < -0.3 is 93.9 Å². The molecule has 37 nitrogen and oxygen atoms in total. The fraction of sp³-hybridized carbons (Fsp3) is 0.500. The second kappa shape index (κ2) is 35.4. The molecule has 0 saturated carbocycles. The Morgan fingerprint density at radius 2 is 1.18 bits per heavy atom. The van der Waals surface area contributed by atoms with Crippen molar-refractivity contribution in [3.8, 4) is 5.75 Å². The molecule has 1 aliphatic heterocycles. The van der Waals surface area contributed by atoms with Crippen LogP contribution in [0.3, 0.4) is 0 Å². The van der Waals surface area contributed by atoms with E-state index < -0.39 is 153 Å². The standard InChI is InChI=1S/C54H80N14O23S3/c1-33-21-36(22-34(2)49(33)94(89,90)63-39(53(81)82)25-59-50(78)38-26-64(3)42-23-35(6-7-37(42)48(38)77)24-60-54-57-10-11-58-54)91-20-4-5-43(69)55-8-9-56-51(79)40(31-92(83,84)85)62-52(80)41(32-93(86,87)88)61-44(70)27-65-12-14-66(28-45(71)72)16-18-68(30-47(75)76)19-17-67(15-13-65)29-46(73)74/h6-7,10-11,21-23,26,39-41,63,83-88H,4-5,8-9,12-20,24-25,27-32H2,1-3H3,(H,55,69)(H,56,79)(H,59,78)(H,61,70)(H,62,80)(H,71,72)(H,73,74)(H,75,76)(H,81,82)(H2,57,58,60). The number of carbonyl (C=O) groups excluding carboxylic acids is 5. The van der Waals surface area contributed by atoms with Crippen molar-refractivity contribution in [1.29, 1.82) is 0 Å². The molecule has 94 heavy (non-hydrogen) atoms. The third kappa shape index (κ3) is 26.0. The number of aryl methyl sites for hydroxylation is 3. The largest absolute Gasteiger partial charge is 0.494 e. The zero-order valence-corrected chi connectivity index (χ0v) is 53.8. The van der Waals surface area contributed by atoms with Gasteiger partial charge >= 0.3 is 23.9 Å². The number of carbonyl (C=O) groups is 9. The fourth-order valence-corrected chi connectivity index (χ4v) is 12.8. The Labute approximate surface area is 541 Å². The molecule has 1 fully saturated rings. The summed E-state index contributed by atoms with van der Waals surface area (Å²) in [6.45, 7) is 0.0441. The molecule has 0 aliphatic carbocycles. The van der Waals surface area contributed by atoms with Gasteiger partial charge in [0.05, 0.1) is 76.4 Å². The van der Waals surface area contributed by atoms with E-state index in [-0.39, 0.29) is 118 Å². The quantitative estimate of drug-likeness (QED) is 0.0224. The van der Waals surface area contributed by atoms with E-state index in [0.29, 0.717) is 18.0 Å². The van der Waals surface area contributed by atoms with Crippen LogP contribution in [0.4, 0.5) is 5.95 Å². The number of anilines is 1. The van der Waals surface area contributed by atoms with Gasteiger partial charge in [-0.25, -0.2) is 13.4 Å². The Morgan fingerprint density at radius 3 is 1.68 bits per heavy atom. The molecule has 18 N–H and O–H groups in total. The van der Waals surface area contributed by atoms with Crippen molar-refractivity contribution in [1.82, 2.24) is 65.4 Å². The highest BCUT2D eigenvalue weighted by Crippen LogP contribution is 2.35. The number of imidazole rings is 1. The van der Waals surface area contributed by atoms with Gasteiger partial charge in [-0.1, -0.05) is 6.07 Å². The number of pyridine rings is 1. The Morgan fingerprint density at radius 1 is 0.660 bits per heavy atom. The molecule has 2 aromatic carbocycles. The number of nitrogens with zero attached hydrogens (tertiary/aromatic N) is 6. The first-order valence-electron chi connectivity index (χ1n) is 28.8. The van der Waals surface area contributed by atoms with Crippen LogP contribution in [0.5, 0.6) is 5.75 Å². The lowest BCUT2D eigenvalue weighted by Crippen LogP contribution is -2.58. The molecule has 40 heteroatoms. The van der Waals surface area contributed by atoms with Crippen molar-refractivity contribution in [2.45, 2.75) is 56.3 Å². The molecule has 1 aliphatic rings. The average Bonchev–Trinajstić information content (AvgIpc) is 0.830. The summed E-state index contributed by atoms with van der Waals surface area (Å²) in [4.78, 5) is 140. The number of amides is 5. The minimum atomic E-state index is -4.60. The third-order valence-corrected chi connectivity index (χ3v) is 17.6. The lowest BCUT2D eigenvalue weighted by Gasteiger charge is -2.33. The van der Waals surface area contributed by atoms with Crippen molar-refractivity contribution >= 4 is 102 Å². The molecule has 4 aromatic rings. The first kappa shape index (κ1) is 76.6. The predicted molar refractivity (Wildman–Crippen MR) is 339 cm³/mol. The molecule has 0 spiro atoms. The zero-order chi connectivity index (χ0) is 69.7. The second-order valence-corrected chi connectivity index (χ2v) is 26.7. The van der Waals surface area contributed by atoms with Gasteiger partial charge in [-0.15, -0.1) is 0 Å². The molecule has 1 saturated heterocycles. The van der Waals surface area contributed by atoms with E-state index in [4.69, 9.17) is 4.74 Å². The van der Waals surface area contributed by atoms with Gasteiger partial charge in [0, 0.05) is 116 Å². The van der Waals surface area contributed by atoms with Gasteiger partial charge in [-0.05, 0) is 61.2 Å². The summed E-state index contributed by atoms with van der Waals surface area (Å²) in [5.41, 5.74) is 0.643. The minimum Gasteiger partial charge on any atom is -0.494 e. The number of hydrogen-bond donors (Lipinski definition) is 18. The number of nitrogens with one attached hydrogen (secondary N) is 8. The van der Waals surface area contributed by atoms with Crippen LogP contribution in [0.1, 0.15) is 39.9 Å². The number of sulfonamides is 1. The number of ether oxygens (including phenoxy) is 1. The number of rotatable bonds is 34. The molecule has 3 heterocycles. The topological polar surface area (TPSA) is 547 Å². The molecule has 5 rings (SSSR count). The Kier molecular flexibility index (Phi) is 28.9. The highest BCUT2D eigenvalue weighted by atomic mass is 32.3. The summed E-state index contributed by atoms with van der Waals surface area (Å²) in [6, 6.07) is 1.79. The smallest absolute Gasteiger partial charge is 0.323 e. The number of aliphatic carboxylic acids is 4. The number of hydrogen-bond acceptors (Lipinski definition) is 25. The van der Waals surface area contributed by atoms with Gasteiger partial charge in [0.15, 0.2) is 5.95 Å². The summed E-state index contributed by atoms with van der Waals surface area (Å²) >= 11 is 0. The first-order valence-corrected chi connectivity index (χ1v) is 33.7. The molecule has 3 unspecified atom stereocenters. The fourth-order valence-electron chi connectivity index (χ4n) is 9.82. The highest BCUT2D eigenvalue weighted by molar-refractivity contribution is 8.19. The van der Waals surface area contributed by atoms with E-state index in [1.165, 1.54) is 51.8 Å². The van der Waals surface area contributed by atoms with Crippen LogP contribution in [-0.4, -0.2) is 278 Å². The van der Waals surface area contributed by atoms with Crippen molar-refractivity contribution in [3.05, 3.63) is 81.4 Å². The number of carboxylic acid groups (broad SMARTS) is 4. The Hall–Kier alpha value is -8.10. The Balaban J connectivity index is 1.10. The second-order valence-electron chi connectivity index (χ2n) is 21.9. The molecule has 522 valence electrons. The van der Waals surface area contributed by atoms with Crippen LogP contribution in [0, 0.1) is 13.8 Å². The third-order valence-electron chi connectivity index (χ3n) is 14.2. The number of aromatic amines is 1. The van der Waals surface area contributed by atoms with E-state index in [2.05, 4.69) is 46.6 Å². The summed E-state index contributed by atoms with van der Waals surface area (Å²) in [6.07, 6.45) is 4.48. The minimum absolute atomic E-state index is 0.00714. The van der Waals surface area contributed by atoms with Gasteiger partial charge in [0.2, 0.25) is 39.1 Å². The molecular formula is C54H80N14O23S3. The maximum atomic E-state index is 13.7. The van der Waals surface area contributed by atoms with E-state index in [1.54, 1.807) is 42.2 Å². The van der Waals surface area contributed by atoms with Crippen LogP contribution in [0.25, 0.3) is 10.9 Å². The molecule has 5 amide bonds. The van der Waals surface area contributed by atoms with Gasteiger partial charge in [-0.3, -0.25) is 67.5 Å². The summed E-state index contributed by atoms with van der Waals surface area (Å²) in [7, 11) is -12.1. The molecule has 2 aromatic heterocycles. The van der Waals surface area contributed by atoms with Crippen molar-refractivity contribution in [2.75, 3.05) is 122 Å². The van der Waals surface area contributed by atoms with Gasteiger partial charge in [-0.2, -0.15) is 4.72 Å². The number of aromatic nitrogens is 3. The molecular weight excluding hydrogens is 1310 g/mol. The van der Waals surface area contributed by atoms with Crippen LogP contribution < -0.4 is 46.8 Å². The highest BCUT2D eigenvalue weighted by Gasteiger charge is 2.35. The van der Waals surface area contributed by atoms with Crippen LogP contribution in [0.2, 0.25) is 0 Å². The lowest BCUT2D eigenvalue weighted by atomic mass is 10.1. The first-order chi connectivity index (χ1) is 44.1. The van der Waals surface area contributed by atoms with Gasteiger partial charge in [0.1, 0.15) is 29.4 Å². The van der Waals surface area contributed by atoms with E-state index in [0.717, 1.165) is 5.56 Å². The summed E-state index contributed by atoms with van der Waals surface area (Å²) in [5.74, 6) is -12.0. The number of carboxylic acids is 4. The normalized spacial score (nSPS) is 15.6. The zero-order valence-electron chi connectivity index (χ0n) is 51.4. The van der Waals surface area contributed by atoms with Gasteiger partial charge in [0.25, 0.3) is 5.91 Å². The molecule has 3 atom stereocenters. The number of H-pyrrole nitrogens is 1. The van der Waals surface area contributed by atoms with Crippen molar-refractivity contribution < 1.29 is 104 Å². The van der Waals surface area contributed by atoms with Crippen LogP contribution in [-0.2, 0) is 62.0 Å². The number of benzene rings is 2. The SMILES string of the molecule is Cc1cc(OCCCC(=O)NCCNC(=O)C(CS(O)(O)O)NC(=O)C(CS(O)(O)O)NC(=O)CN2CCN(CC(=O)O)CCN(CC(=O)O)CCN(CC(=O)O)CC2)cc(C)c1S(=O)(=O)NC(CNC(=O)c1cn(C)c2cc(CNc3ncc[nH]3)ccc2c1=O)C(=O)O. The number of fused-ring (bicyclic) bond motifs is 1. The maximum absolute atomic E-state index is 13.7. The lowest BCUT2D eigenvalue weighted by molar-refractivity contribution is -0.140. The van der Waals surface area contributed by atoms with Crippen LogP contribution >= 0.6 is 21.7 Å². The van der Waals surface area contributed by atoms with E-state index >= 15 is 0 Å². The summed E-state index contributed by atoms with van der Waals surface area (Å²) < 4.78 is 96.4. The monoisotopic (exact) mass is 1390 g/mol. The van der Waals surface area contributed by atoms with Crippen molar-refractivity contribution in [2.24, 2.45) is 7.05 Å². The maximum Gasteiger partial charge on any atom is 0.323 e.